The molecule has 0 aliphatic heterocycles. The number of ether oxygens (including phenoxy) is 3. The van der Waals surface area contributed by atoms with Gasteiger partial charge in [0, 0.05) is 23.7 Å². The summed E-state index contributed by atoms with van der Waals surface area (Å²) in [6.07, 6.45) is 1.95. The maximum atomic E-state index is 10.2. The van der Waals surface area contributed by atoms with Gasteiger partial charge < -0.3 is 29.4 Å². The van der Waals surface area contributed by atoms with E-state index in [1.807, 2.05) is 0 Å². The molecule has 1 N–H and O–H groups in total. The molecule has 0 aliphatic rings. The number of rotatable bonds is 14. The second kappa shape index (κ2) is 11.3. The van der Waals surface area contributed by atoms with Gasteiger partial charge in [0.05, 0.1) is 39.0 Å². The molecular weight excluding hydrogens is 418 g/mol. The summed E-state index contributed by atoms with van der Waals surface area (Å²) in [7, 11) is 0. The summed E-state index contributed by atoms with van der Waals surface area (Å²) in [5.41, 5.74) is 1.17. The van der Waals surface area contributed by atoms with Crippen LogP contribution >= 0.6 is 0 Å². The van der Waals surface area contributed by atoms with Gasteiger partial charge in [-0.2, -0.15) is 0 Å². The Labute approximate surface area is 193 Å². The summed E-state index contributed by atoms with van der Waals surface area (Å²) in [5.74, 6) is -1.22. The zero-order valence-corrected chi connectivity index (χ0v) is 19.0. The van der Waals surface area contributed by atoms with Crippen molar-refractivity contribution in [2.75, 3.05) is 45.0 Å². The molecule has 174 valence electrons. The van der Waals surface area contributed by atoms with E-state index in [4.69, 9.17) is 14.2 Å². The van der Waals surface area contributed by atoms with E-state index in [1.165, 1.54) is 38.0 Å². The molecule has 0 saturated heterocycles. The average Bonchev–Trinajstić information content (AvgIpc) is 2.81. The predicted molar refractivity (Wildman–Crippen MR) is 130 cm³/mol. The molecule has 1 atom stereocenters. The first-order chi connectivity index (χ1) is 16.1. The van der Waals surface area contributed by atoms with Gasteiger partial charge in [-0.1, -0.05) is 48.5 Å². The molecule has 4 aromatic carbocycles. The highest BCUT2D eigenvalue weighted by Crippen LogP contribution is 2.37. The third-order valence-electron chi connectivity index (χ3n) is 5.82. The first kappa shape index (κ1) is 23.2. The van der Waals surface area contributed by atoms with Crippen LogP contribution < -0.4 is 10.4 Å². The zero-order chi connectivity index (χ0) is 23.0. The van der Waals surface area contributed by atoms with Crippen LogP contribution in [0.1, 0.15) is 19.8 Å². The minimum absolute atomic E-state index is 0.236. The number of carbonyl (C=O) groups is 1. The molecule has 1 unspecified atom stereocenters. The fourth-order valence-electron chi connectivity index (χ4n) is 4.29. The van der Waals surface area contributed by atoms with Crippen LogP contribution in [0.2, 0.25) is 0 Å². The van der Waals surface area contributed by atoms with E-state index < -0.39 is 12.6 Å². The van der Waals surface area contributed by atoms with Crippen molar-refractivity contribution in [1.82, 2.24) is 0 Å². The Hall–Kier alpha value is -2.93. The van der Waals surface area contributed by atoms with E-state index in [-0.39, 0.29) is 6.61 Å². The highest BCUT2D eigenvalue weighted by molar-refractivity contribution is 6.25. The fraction of sp³-hybridized carbons (Fsp3) is 0.370. The van der Waals surface area contributed by atoms with Crippen molar-refractivity contribution < 1.29 is 24.1 Å². The lowest BCUT2D eigenvalue weighted by molar-refractivity contribution is -0.309. The van der Waals surface area contributed by atoms with Crippen LogP contribution in [0.4, 0.5) is 5.69 Å². The Morgan fingerprint density at radius 3 is 2.15 bits per heavy atom. The molecule has 4 rings (SSSR count). The smallest absolute Gasteiger partial charge is 0.0862 e. The first-order valence-electron chi connectivity index (χ1n) is 11.5. The molecule has 0 amide bonds. The summed E-state index contributed by atoms with van der Waals surface area (Å²) in [6, 6.07) is 20.0. The summed E-state index contributed by atoms with van der Waals surface area (Å²) in [4.78, 5) is 10.2. The number of carbonyl (C=O) groups excluding carboxylic acids is 1. The van der Waals surface area contributed by atoms with E-state index in [2.05, 4.69) is 66.8 Å². The van der Waals surface area contributed by atoms with Crippen molar-refractivity contribution in [1.29, 1.82) is 0 Å². The zero-order valence-electron chi connectivity index (χ0n) is 19.0. The van der Waals surface area contributed by atoms with Crippen molar-refractivity contribution in [3.63, 3.8) is 0 Å². The van der Waals surface area contributed by atoms with Crippen molar-refractivity contribution in [3.8, 4) is 0 Å². The standard InChI is InChI=1S/C27H31NO5/c1-19(4-3-13-31-14-15-32-16-17-33-18-25(29)30)28-24-12-10-22-8-7-20-5-2-6-21-9-11-23(24)27(22)26(20)21/h2,5-12,19,28H,3-4,13-18H2,1H3,(H,29,30)/p-1. The first-order valence-corrected chi connectivity index (χ1v) is 11.5. The largest absolute Gasteiger partial charge is 0.548 e. The number of carboxylic acid groups (broad SMARTS) is 1. The number of benzene rings is 4. The topological polar surface area (TPSA) is 79.9 Å². The number of nitrogens with one attached hydrogen (secondary N) is 1. The Bertz CT molecular complexity index is 1180. The average molecular weight is 449 g/mol. The van der Waals surface area contributed by atoms with Crippen LogP contribution in [0.3, 0.4) is 0 Å². The van der Waals surface area contributed by atoms with Crippen LogP contribution in [0.25, 0.3) is 32.3 Å². The highest BCUT2D eigenvalue weighted by atomic mass is 16.5. The Balaban J connectivity index is 1.22. The van der Waals surface area contributed by atoms with Crippen molar-refractivity contribution in [3.05, 3.63) is 54.6 Å². The van der Waals surface area contributed by atoms with Gasteiger partial charge in [0.1, 0.15) is 0 Å². The third kappa shape index (κ3) is 5.90. The van der Waals surface area contributed by atoms with Gasteiger partial charge in [-0.3, -0.25) is 0 Å². The Kier molecular flexibility index (Phi) is 7.94. The van der Waals surface area contributed by atoms with E-state index in [0.29, 0.717) is 32.5 Å². The maximum Gasteiger partial charge on any atom is 0.0862 e. The molecule has 0 fully saturated rings. The van der Waals surface area contributed by atoms with Gasteiger partial charge in [0.15, 0.2) is 0 Å². The number of hydrogen-bond acceptors (Lipinski definition) is 6. The van der Waals surface area contributed by atoms with Gasteiger partial charge in [-0.05, 0) is 52.8 Å². The summed E-state index contributed by atoms with van der Waals surface area (Å²) < 4.78 is 15.8. The second-order valence-electron chi connectivity index (χ2n) is 8.31. The fourth-order valence-corrected chi connectivity index (χ4v) is 4.29. The monoisotopic (exact) mass is 448 g/mol. The van der Waals surface area contributed by atoms with Gasteiger partial charge in [-0.15, -0.1) is 0 Å². The molecule has 0 radical (unpaired) electrons. The van der Waals surface area contributed by atoms with Crippen LogP contribution in [0.15, 0.2) is 54.6 Å². The molecule has 6 nitrogen and oxygen atoms in total. The maximum absolute atomic E-state index is 10.2. The molecule has 0 heterocycles. The SMILES string of the molecule is CC(CCCOCCOCCOCC(=O)[O-])Nc1ccc2ccc3cccc4ccc1c2c34. The third-order valence-corrected chi connectivity index (χ3v) is 5.82. The number of aliphatic carboxylic acids is 1. The van der Waals surface area contributed by atoms with Crippen molar-refractivity contribution in [2.45, 2.75) is 25.8 Å². The molecule has 0 aromatic heterocycles. The molecule has 0 aliphatic carbocycles. The van der Waals surface area contributed by atoms with Crippen LogP contribution in [0, 0.1) is 0 Å². The lowest BCUT2D eigenvalue weighted by Crippen LogP contribution is -2.28. The van der Waals surface area contributed by atoms with Gasteiger partial charge in [0.25, 0.3) is 0 Å². The molecule has 33 heavy (non-hydrogen) atoms. The molecule has 4 aromatic rings. The highest BCUT2D eigenvalue weighted by Gasteiger charge is 2.12. The second-order valence-corrected chi connectivity index (χ2v) is 8.31. The van der Waals surface area contributed by atoms with E-state index in [0.717, 1.165) is 12.8 Å². The van der Waals surface area contributed by atoms with E-state index in [9.17, 15) is 9.90 Å². The molecule has 0 saturated carbocycles. The summed E-state index contributed by atoms with van der Waals surface area (Å²) >= 11 is 0. The molecule has 6 heteroatoms. The Morgan fingerprint density at radius 2 is 1.42 bits per heavy atom. The number of carboxylic acids is 1. The van der Waals surface area contributed by atoms with Crippen LogP contribution in [0.5, 0.6) is 0 Å². The van der Waals surface area contributed by atoms with Crippen molar-refractivity contribution in [2.24, 2.45) is 0 Å². The van der Waals surface area contributed by atoms with Gasteiger partial charge >= 0.3 is 0 Å². The normalized spacial score (nSPS) is 12.6. The van der Waals surface area contributed by atoms with Gasteiger partial charge in [0.2, 0.25) is 0 Å². The van der Waals surface area contributed by atoms with Crippen LogP contribution in [-0.2, 0) is 19.0 Å². The molecular formula is C27H30NO5-. The Morgan fingerprint density at radius 1 is 0.818 bits per heavy atom. The van der Waals surface area contributed by atoms with Crippen LogP contribution in [-0.4, -0.2) is 51.7 Å². The summed E-state index contributed by atoms with van der Waals surface area (Å²) in [5, 5.41) is 21.7. The molecule has 0 spiro atoms. The summed E-state index contributed by atoms with van der Waals surface area (Å²) in [6.45, 7) is 4.03. The molecule has 0 bridgehead atoms. The predicted octanol–water partition coefficient (Wildman–Crippen LogP) is 3.96. The number of hydrogen-bond donors (Lipinski definition) is 1. The lowest BCUT2D eigenvalue weighted by Gasteiger charge is -2.19. The van der Waals surface area contributed by atoms with E-state index >= 15 is 0 Å². The number of anilines is 1. The lowest BCUT2D eigenvalue weighted by atomic mass is 9.93. The quantitative estimate of drug-likeness (QED) is 0.232. The minimum Gasteiger partial charge on any atom is -0.548 e. The minimum atomic E-state index is -1.22. The van der Waals surface area contributed by atoms with E-state index in [1.54, 1.807) is 0 Å². The van der Waals surface area contributed by atoms with Gasteiger partial charge in [-0.25, -0.2) is 0 Å². The van der Waals surface area contributed by atoms with Crippen molar-refractivity contribution >= 4 is 44.0 Å².